The number of nitrogens with two attached hydrogens (primary N) is 1. The summed E-state index contributed by atoms with van der Waals surface area (Å²) in [4.78, 5) is 5.71. The number of aliphatic imine (C=N–C) groups is 1. The van der Waals surface area contributed by atoms with Gasteiger partial charge in [0.05, 0.1) is 22.1 Å². The lowest BCUT2D eigenvalue weighted by molar-refractivity contribution is -0.606. The minimum atomic E-state index is -0.191. The van der Waals surface area contributed by atoms with Crippen molar-refractivity contribution < 1.29 is 5.32 Å². The summed E-state index contributed by atoms with van der Waals surface area (Å²) in [6.45, 7) is 0.753. The van der Waals surface area contributed by atoms with Crippen molar-refractivity contribution in [3.8, 4) is 16.8 Å². The van der Waals surface area contributed by atoms with E-state index in [9.17, 15) is 0 Å². The summed E-state index contributed by atoms with van der Waals surface area (Å²) >= 11 is 0. The van der Waals surface area contributed by atoms with Crippen LogP contribution in [0.5, 0.6) is 0 Å². The molecule has 0 spiro atoms. The third kappa shape index (κ3) is 6.08. The first kappa shape index (κ1) is 36.1. The lowest BCUT2D eigenvalue weighted by Gasteiger charge is -2.29. The molecule has 2 aliphatic heterocycles. The second-order valence-electron chi connectivity index (χ2n) is 16.4. The number of nitrogens with one attached hydrogen (secondary N) is 1. The van der Waals surface area contributed by atoms with Crippen LogP contribution in [0.1, 0.15) is 35.7 Å². The minimum Gasteiger partial charge on any atom is -0.387 e. The molecule has 1 aliphatic carbocycles. The zero-order valence-corrected chi connectivity index (χ0v) is 34.2. The maximum Gasteiger partial charge on any atom is 0.215 e. The predicted molar refractivity (Wildman–Crippen MR) is 259 cm³/mol. The van der Waals surface area contributed by atoms with E-state index in [0.717, 1.165) is 53.2 Å². The molecule has 2 aromatic heterocycles. The number of quaternary nitrogens is 1. The highest BCUT2D eigenvalue weighted by atomic mass is 15.2. The van der Waals surface area contributed by atoms with Gasteiger partial charge >= 0.3 is 0 Å². The molecule has 296 valence electrons. The van der Waals surface area contributed by atoms with Crippen molar-refractivity contribution in [2.24, 2.45) is 4.99 Å². The Balaban J connectivity index is 1.08. The fourth-order valence-corrected chi connectivity index (χ4v) is 9.85. The summed E-state index contributed by atoms with van der Waals surface area (Å²) in [5, 5.41) is 10.8. The van der Waals surface area contributed by atoms with Crippen molar-refractivity contribution in [2.75, 3.05) is 6.54 Å². The molecule has 0 bridgehead atoms. The van der Waals surface area contributed by atoms with Gasteiger partial charge in [0, 0.05) is 50.5 Å². The van der Waals surface area contributed by atoms with Gasteiger partial charge < -0.3 is 9.88 Å². The third-order valence-corrected chi connectivity index (χ3v) is 12.8. The Morgan fingerprint density at radius 3 is 1.90 bits per heavy atom. The first-order valence-electron chi connectivity index (χ1n) is 21.7. The zero-order chi connectivity index (χ0) is 41.0. The van der Waals surface area contributed by atoms with E-state index in [0.29, 0.717) is 0 Å². The van der Waals surface area contributed by atoms with Crippen molar-refractivity contribution in [3.63, 3.8) is 0 Å². The summed E-state index contributed by atoms with van der Waals surface area (Å²) in [7, 11) is 0. The van der Waals surface area contributed by atoms with Gasteiger partial charge in [-0.15, -0.1) is 0 Å². The van der Waals surface area contributed by atoms with E-state index in [2.05, 4.69) is 226 Å². The van der Waals surface area contributed by atoms with Gasteiger partial charge in [0.25, 0.3) is 0 Å². The number of hydrogen-bond donors (Lipinski definition) is 2. The molecule has 4 heterocycles. The smallest absolute Gasteiger partial charge is 0.215 e. The van der Waals surface area contributed by atoms with Crippen LogP contribution in [0.15, 0.2) is 217 Å². The highest BCUT2D eigenvalue weighted by Crippen LogP contribution is 2.40. The van der Waals surface area contributed by atoms with E-state index in [4.69, 9.17) is 4.99 Å². The molecule has 0 saturated carbocycles. The second kappa shape index (κ2) is 15.1. The minimum absolute atomic E-state index is 0.191. The van der Waals surface area contributed by atoms with Gasteiger partial charge in [-0.05, 0) is 108 Å². The maximum absolute atomic E-state index is 5.71. The Labute approximate surface area is 360 Å². The number of dihydropyridines is 1. The quantitative estimate of drug-likeness (QED) is 0.166. The monoisotopic (exact) mass is 798 g/mol. The van der Waals surface area contributed by atoms with Gasteiger partial charge in [-0.3, -0.25) is 9.88 Å². The highest BCUT2D eigenvalue weighted by Gasteiger charge is 2.35. The van der Waals surface area contributed by atoms with E-state index in [1.807, 2.05) is 0 Å². The molecule has 0 amide bonds. The molecule has 7 aromatic carbocycles. The lowest BCUT2D eigenvalue weighted by atomic mass is 9.97. The molecule has 0 saturated heterocycles. The molecule has 3 aliphatic rings. The number of rotatable bonds is 7. The molecule has 1 unspecified atom stereocenters. The number of fused-ring (bicyclic) bond motifs is 6. The summed E-state index contributed by atoms with van der Waals surface area (Å²) < 4.78 is 4.94. The Morgan fingerprint density at radius 1 is 0.500 bits per heavy atom. The van der Waals surface area contributed by atoms with Crippen molar-refractivity contribution in [1.82, 2.24) is 14.5 Å². The third-order valence-electron chi connectivity index (χ3n) is 12.8. The molecular formula is C57H44N5+. The normalized spacial score (nSPS) is 16.5. The van der Waals surface area contributed by atoms with Crippen molar-refractivity contribution in [1.29, 1.82) is 0 Å². The van der Waals surface area contributed by atoms with Gasteiger partial charge in [0.1, 0.15) is 11.4 Å². The summed E-state index contributed by atoms with van der Waals surface area (Å²) in [6, 6.07) is 62.0. The number of nitrogens with zero attached hydrogens (tertiary/aromatic N) is 3. The predicted octanol–water partition coefficient (Wildman–Crippen LogP) is 12.4. The van der Waals surface area contributed by atoms with Crippen LogP contribution in [0.25, 0.3) is 77.4 Å². The van der Waals surface area contributed by atoms with Crippen LogP contribution in [0.2, 0.25) is 0 Å². The van der Waals surface area contributed by atoms with Crippen LogP contribution in [-0.4, -0.2) is 21.4 Å². The molecule has 9 aromatic rings. The van der Waals surface area contributed by atoms with Crippen LogP contribution < -0.4 is 10.6 Å². The van der Waals surface area contributed by atoms with Crippen molar-refractivity contribution >= 4 is 66.3 Å². The van der Waals surface area contributed by atoms with E-state index in [1.165, 1.54) is 71.6 Å². The molecule has 0 radical (unpaired) electrons. The molecule has 3 N–H and O–H groups in total. The van der Waals surface area contributed by atoms with Crippen LogP contribution in [-0.2, 0) is 0 Å². The fourth-order valence-electron chi connectivity index (χ4n) is 9.85. The van der Waals surface area contributed by atoms with Crippen LogP contribution in [0.4, 0.5) is 0 Å². The number of para-hydroxylation sites is 2. The summed E-state index contributed by atoms with van der Waals surface area (Å²) in [5.74, 6) is 0. The van der Waals surface area contributed by atoms with Gasteiger partial charge in [0.15, 0.2) is 5.70 Å². The Bertz CT molecular complexity index is 3410. The van der Waals surface area contributed by atoms with Gasteiger partial charge in [-0.2, -0.15) is 0 Å². The summed E-state index contributed by atoms with van der Waals surface area (Å²) in [5.41, 5.74) is 17.4. The largest absolute Gasteiger partial charge is 0.387 e. The van der Waals surface area contributed by atoms with E-state index >= 15 is 0 Å². The first-order chi connectivity index (χ1) is 30.8. The lowest BCUT2D eigenvalue weighted by Crippen LogP contribution is -2.86. The summed E-state index contributed by atoms with van der Waals surface area (Å²) in [6.07, 6.45) is 15.4. The van der Waals surface area contributed by atoms with Crippen molar-refractivity contribution in [2.45, 2.75) is 19.0 Å². The number of benzene rings is 7. The van der Waals surface area contributed by atoms with Crippen LogP contribution in [0, 0.1) is 0 Å². The second-order valence-corrected chi connectivity index (χ2v) is 16.4. The molecule has 5 heteroatoms. The van der Waals surface area contributed by atoms with Gasteiger partial charge in [-0.25, -0.2) is 4.99 Å². The molecule has 12 rings (SSSR count). The van der Waals surface area contributed by atoms with Crippen LogP contribution >= 0.6 is 0 Å². The van der Waals surface area contributed by atoms with E-state index in [1.54, 1.807) is 0 Å². The molecular weight excluding hydrogens is 755 g/mol. The molecule has 1 atom stereocenters. The van der Waals surface area contributed by atoms with Crippen molar-refractivity contribution in [3.05, 3.63) is 229 Å². The SMILES string of the molecule is C1=CC(c2ccc3c4cc(-c5ccc6c(c5)c5ccccc5n6-c5ccccc5)ccc4n(C4[NH2+]C(c5ccccc5)=C(c5ccccc5)N=C4C4=CCNC=C4)c3c2)=CCC1. The topological polar surface area (TPSA) is 50.9 Å². The Hall–Kier alpha value is -7.73. The van der Waals surface area contributed by atoms with E-state index < -0.39 is 0 Å². The Kier molecular flexibility index (Phi) is 8.79. The van der Waals surface area contributed by atoms with E-state index in [-0.39, 0.29) is 6.17 Å². The number of aromatic nitrogens is 2. The van der Waals surface area contributed by atoms with Gasteiger partial charge in [-0.1, -0.05) is 133 Å². The highest BCUT2D eigenvalue weighted by molar-refractivity contribution is 6.15. The standard InChI is InChI=1S/C57H43N5/c1-5-15-38(16-6-1)44-25-28-47-49-36-43(42-26-29-51-48(35-42)46-23-13-14-24-50(46)61(51)45-21-11-4-12-22-45)27-30-52(49)62(53(47)37-44)57-56(41-31-33-58-34-32-41)59-54(39-17-7-2-8-18-39)55(60-57)40-19-9-3-10-20-40/h2-5,7-33,35-37,57-58,60H,1,6,34H2/p+1. The first-order valence-corrected chi connectivity index (χ1v) is 21.7. The average Bonchev–Trinajstić information content (AvgIpc) is 3.86. The maximum atomic E-state index is 5.71. The molecule has 0 fully saturated rings. The fraction of sp³-hybridized carbons (Fsp3) is 0.0702. The number of allylic oxidation sites excluding steroid dienone is 5. The van der Waals surface area contributed by atoms with Crippen LogP contribution in [0.3, 0.4) is 0 Å². The Morgan fingerprint density at radius 2 is 1.16 bits per heavy atom. The molecule has 5 nitrogen and oxygen atoms in total. The zero-order valence-electron chi connectivity index (χ0n) is 34.2. The molecule has 62 heavy (non-hydrogen) atoms. The average molecular weight is 799 g/mol. The number of hydrogen-bond acceptors (Lipinski definition) is 2. The van der Waals surface area contributed by atoms with Gasteiger partial charge in [0.2, 0.25) is 6.17 Å².